The third kappa shape index (κ3) is 6.36. The van der Waals surface area contributed by atoms with Gasteiger partial charge in [0.2, 0.25) is 3.79 Å². The van der Waals surface area contributed by atoms with Crippen molar-refractivity contribution >= 4 is 74.0 Å². The molecular formula is C17H14BrCl3N4O5. The van der Waals surface area contributed by atoms with Gasteiger partial charge < -0.3 is 20.7 Å². The van der Waals surface area contributed by atoms with Crippen molar-refractivity contribution in [2.45, 2.75) is 9.96 Å². The van der Waals surface area contributed by atoms with Crippen LogP contribution >= 0.6 is 50.7 Å². The van der Waals surface area contributed by atoms with Gasteiger partial charge in [-0.15, -0.1) is 0 Å². The van der Waals surface area contributed by atoms with Gasteiger partial charge in [-0.1, -0.05) is 46.9 Å². The zero-order valence-corrected chi connectivity index (χ0v) is 19.0. The maximum atomic E-state index is 12.5. The molecule has 2 rings (SSSR count). The number of benzene rings is 2. The molecule has 2 aromatic carbocycles. The number of nitro groups is 1. The highest BCUT2D eigenvalue weighted by atomic mass is 79.9. The Hall–Kier alpha value is -2.27. The van der Waals surface area contributed by atoms with Crippen molar-refractivity contribution in [1.29, 1.82) is 0 Å². The maximum Gasteiger partial charge on any atom is 0.321 e. The summed E-state index contributed by atoms with van der Waals surface area (Å²) in [5, 5.41) is 18.1. The molecular weight excluding hydrogens is 526 g/mol. The quantitative estimate of drug-likeness (QED) is 0.214. The van der Waals surface area contributed by atoms with Crippen LogP contribution in [0.2, 0.25) is 0 Å². The predicted molar refractivity (Wildman–Crippen MR) is 117 cm³/mol. The van der Waals surface area contributed by atoms with E-state index in [1.54, 1.807) is 18.2 Å². The third-order valence-electron chi connectivity index (χ3n) is 3.64. The van der Waals surface area contributed by atoms with E-state index in [1.807, 2.05) is 0 Å². The van der Waals surface area contributed by atoms with Crippen molar-refractivity contribution < 1.29 is 19.2 Å². The van der Waals surface area contributed by atoms with Gasteiger partial charge in [-0.2, -0.15) is 0 Å². The molecule has 0 aromatic heterocycles. The zero-order valence-electron chi connectivity index (χ0n) is 15.1. The molecule has 3 N–H and O–H groups in total. The molecule has 1 atom stereocenters. The smallest absolute Gasteiger partial charge is 0.321 e. The molecule has 1 unspecified atom stereocenters. The highest BCUT2D eigenvalue weighted by molar-refractivity contribution is 9.10. The topological polar surface area (TPSA) is 123 Å². The number of hydrogen-bond acceptors (Lipinski definition) is 5. The molecule has 0 radical (unpaired) electrons. The molecule has 0 aliphatic heterocycles. The van der Waals surface area contributed by atoms with E-state index in [4.69, 9.17) is 39.5 Å². The maximum absolute atomic E-state index is 12.5. The molecule has 0 heterocycles. The molecule has 13 heteroatoms. The Morgan fingerprint density at radius 3 is 2.40 bits per heavy atom. The number of nitrogens with one attached hydrogen (secondary N) is 3. The minimum atomic E-state index is -2.11. The van der Waals surface area contributed by atoms with E-state index < -0.39 is 26.8 Å². The summed E-state index contributed by atoms with van der Waals surface area (Å²) in [7, 11) is 1.33. The van der Waals surface area contributed by atoms with Crippen LogP contribution < -0.4 is 20.7 Å². The number of alkyl halides is 3. The Morgan fingerprint density at radius 2 is 1.83 bits per heavy atom. The lowest BCUT2D eigenvalue weighted by molar-refractivity contribution is -0.384. The van der Waals surface area contributed by atoms with Gasteiger partial charge in [0.1, 0.15) is 5.75 Å². The van der Waals surface area contributed by atoms with Crippen molar-refractivity contribution in [3.05, 3.63) is 62.6 Å². The molecule has 0 aliphatic carbocycles. The summed E-state index contributed by atoms with van der Waals surface area (Å²) < 4.78 is 3.46. The van der Waals surface area contributed by atoms with Crippen LogP contribution in [0.3, 0.4) is 0 Å². The van der Waals surface area contributed by atoms with Gasteiger partial charge in [0.05, 0.1) is 23.3 Å². The van der Waals surface area contributed by atoms with Crippen molar-refractivity contribution in [1.82, 2.24) is 10.6 Å². The highest BCUT2D eigenvalue weighted by Crippen LogP contribution is 2.31. The minimum Gasteiger partial charge on any atom is -0.495 e. The fourth-order valence-electron chi connectivity index (χ4n) is 2.25. The van der Waals surface area contributed by atoms with Crippen molar-refractivity contribution in [2.24, 2.45) is 0 Å². The van der Waals surface area contributed by atoms with Gasteiger partial charge in [0.15, 0.2) is 6.17 Å². The largest absolute Gasteiger partial charge is 0.495 e. The predicted octanol–water partition coefficient (Wildman–Crippen LogP) is 4.61. The summed E-state index contributed by atoms with van der Waals surface area (Å²) in [5.41, 5.74) is -0.0185. The molecule has 30 heavy (non-hydrogen) atoms. The summed E-state index contributed by atoms with van der Waals surface area (Å²) in [4.78, 5) is 35.2. The van der Waals surface area contributed by atoms with Crippen LogP contribution in [0.15, 0.2) is 46.9 Å². The number of methoxy groups -OCH3 is 1. The molecule has 9 nitrogen and oxygen atoms in total. The first kappa shape index (κ1) is 24.0. The average Bonchev–Trinajstić information content (AvgIpc) is 2.66. The second kappa shape index (κ2) is 10.2. The number of nitrogens with zero attached hydrogens (tertiary/aromatic N) is 1. The number of anilines is 1. The SMILES string of the molecule is COc1ccc([N+](=O)[O-])cc1NC(=O)NC(NC(=O)c1ccccc1Br)C(Cl)(Cl)Cl. The molecule has 3 amide bonds. The zero-order chi connectivity index (χ0) is 22.5. The van der Waals surface area contributed by atoms with Crippen molar-refractivity contribution in [2.75, 3.05) is 12.4 Å². The van der Waals surface area contributed by atoms with Crippen molar-refractivity contribution in [3.8, 4) is 5.75 Å². The van der Waals surface area contributed by atoms with E-state index in [2.05, 4.69) is 31.9 Å². The van der Waals surface area contributed by atoms with E-state index >= 15 is 0 Å². The Morgan fingerprint density at radius 1 is 1.17 bits per heavy atom. The van der Waals surface area contributed by atoms with Gasteiger partial charge in [-0.05, 0) is 34.1 Å². The lowest BCUT2D eigenvalue weighted by Gasteiger charge is -2.26. The average molecular weight is 541 g/mol. The summed E-state index contributed by atoms with van der Waals surface area (Å²) in [6.07, 6.45) is -1.44. The van der Waals surface area contributed by atoms with Gasteiger partial charge in [0.25, 0.3) is 11.6 Å². The molecule has 0 bridgehead atoms. The molecule has 0 fully saturated rings. The Bertz CT molecular complexity index is 971. The first-order valence-corrected chi connectivity index (χ1v) is 9.97. The van der Waals surface area contributed by atoms with E-state index in [9.17, 15) is 19.7 Å². The number of halogens is 4. The normalized spacial score (nSPS) is 11.9. The summed E-state index contributed by atoms with van der Waals surface area (Å²) in [5.74, 6) is -0.453. The fraction of sp³-hybridized carbons (Fsp3) is 0.176. The number of urea groups is 1. The fourth-order valence-corrected chi connectivity index (χ4v) is 3.04. The first-order chi connectivity index (χ1) is 14.0. The number of non-ortho nitro benzene ring substituents is 1. The van der Waals surface area contributed by atoms with Crippen LogP contribution in [-0.2, 0) is 0 Å². The van der Waals surface area contributed by atoms with E-state index in [-0.39, 0.29) is 22.7 Å². The monoisotopic (exact) mass is 538 g/mol. The number of nitro benzene ring substituents is 1. The van der Waals surface area contributed by atoms with Crippen LogP contribution in [0.25, 0.3) is 0 Å². The Balaban J connectivity index is 2.19. The minimum absolute atomic E-state index is 0.00407. The lowest BCUT2D eigenvalue weighted by Crippen LogP contribution is -2.56. The molecule has 0 saturated heterocycles. The summed E-state index contributed by atoms with van der Waals surface area (Å²) in [6.45, 7) is 0. The van der Waals surface area contributed by atoms with Crippen LogP contribution in [0.1, 0.15) is 10.4 Å². The van der Waals surface area contributed by atoms with Gasteiger partial charge in [0, 0.05) is 16.6 Å². The number of amides is 3. The van der Waals surface area contributed by atoms with Crippen LogP contribution in [0.4, 0.5) is 16.2 Å². The third-order valence-corrected chi connectivity index (χ3v) is 4.98. The van der Waals surface area contributed by atoms with Crippen LogP contribution in [0, 0.1) is 10.1 Å². The Kier molecular flexibility index (Phi) is 8.13. The highest BCUT2D eigenvalue weighted by Gasteiger charge is 2.36. The second-order valence-electron chi connectivity index (χ2n) is 5.67. The lowest BCUT2D eigenvalue weighted by atomic mass is 10.2. The summed E-state index contributed by atoms with van der Waals surface area (Å²) >= 11 is 20.9. The van der Waals surface area contributed by atoms with Gasteiger partial charge >= 0.3 is 6.03 Å². The molecule has 160 valence electrons. The van der Waals surface area contributed by atoms with E-state index in [0.29, 0.717) is 4.47 Å². The number of carbonyl (C=O) groups is 2. The second-order valence-corrected chi connectivity index (χ2v) is 8.89. The molecule has 0 saturated carbocycles. The number of rotatable bonds is 6. The van der Waals surface area contributed by atoms with Crippen molar-refractivity contribution in [3.63, 3.8) is 0 Å². The summed E-state index contributed by atoms with van der Waals surface area (Å²) in [6, 6.07) is 9.25. The first-order valence-electron chi connectivity index (χ1n) is 8.05. The number of carbonyl (C=O) groups excluding carboxylic acids is 2. The van der Waals surface area contributed by atoms with Gasteiger partial charge in [-0.3, -0.25) is 14.9 Å². The molecule has 0 aliphatic rings. The molecule has 2 aromatic rings. The van der Waals surface area contributed by atoms with Crippen LogP contribution in [0.5, 0.6) is 5.75 Å². The van der Waals surface area contributed by atoms with Gasteiger partial charge in [-0.25, -0.2) is 4.79 Å². The Labute approximate surface area is 194 Å². The van der Waals surface area contributed by atoms with E-state index in [0.717, 1.165) is 6.07 Å². The van der Waals surface area contributed by atoms with E-state index in [1.165, 1.54) is 25.3 Å². The van der Waals surface area contributed by atoms with Crippen LogP contribution in [-0.4, -0.2) is 33.9 Å². The standard InChI is InChI=1S/C17H14BrCl3N4O5/c1-30-13-7-6-9(25(28)29)8-12(13)22-16(27)24-15(17(19,20)21)23-14(26)10-4-2-3-5-11(10)18/h2-8,15H,1H3,(H,23,26)(H2,22,24,27). The number of hydrogen-bond donors (Lipinski definition) is 3. The molecule has 0 spiro atoms. The number of ether oxygens (including phenoxy) is 1.